The number of aromatic carboxylic acids is 1. The summed E-state index contributed by atoms with van der Waals surface area (Å²) in [7, 11) is 0. The Hall–Kier alpha value is -1.55. The maximum Gasteiger partial charge on any atom is 0.337 e. The molecule has 1 aromatic rings. The number of piperidine rings is 1. The van der Waals surface area contributed by atoms with E-state index >= 15 is 0 Å². The summed E-state index contributed by atoms with van der Waals surface area (Å²) in [5.74, 6) is -0.859. The lowest BCUT2D eigenvalue weighted by atomic mass is 10.0. The molecule has 4 heteroatoms. The van der Waals surface area contributed by atoms with Crippen molar-refractivity contribution in [3.63, 3.8) is 0 Å². The van der Waals surface area contributed by atoms with Crippen molar-refractivity contribution in [1.82, 2.24) is 0 Å². The number of benzene rings is 1. The van der Waals surface area contributed by atoms with E-state index in [1.165, 1.54) is 0 Å². The molecule has 1 saturated heterocycles. The van der Waals surface area contributed by atoms with Crippen molar-refractivity contribution in [1.29, 1.82) is 0 Å². The summed E-state index contributed by atoms with van der Waals surface area (Å²) in [6, 6.07) is 5.51. The molecule has 0 atom stereocenters. The highest BCUT2D eigenvalue weighted by molar-refractivity contribution is 5.94. The molecule has 0 aliphatic carbocycles. The second-order valence-corrected chi connectivity index (χ2v) is 4.97. The number of rotatable bonds is 4. The molecule has 0 spiro atoms. The first kappa shape index (κ1) is 13.9. The van der Waals surface area contributed by atoms with Gasteiger partial charge in [0.25, 0.3) is 0 Å². The Morgan fingerprint density at radius 3 is 2.68 bits per heavy atom. The van der Waals surface area contributed by atoms with Crippen LogP contribution in [0.15, 0.2) is 18.2 Å². The minimum Gasteiger partial charge on any atom is -0.478 e. The van der Waals surface area contributed by atoms with Crippen LogP contribution in [0.2, 0.25) is 0 Å². The molecular formula is C15H21NO3. The first-order valence-corrected chi connectivity index (χ1v) is 6.82. The lowest BCUT2D eigenvalue weighted by Crippen LogP contribution is -2.37. The highest BCUT2D eigenvalue weighted by Gasteiger charge is 2.22. The second-order valence-electron chi connectivity index (χ2n) is 4.97. The van der Waals surface area contributed by atoms with Gasteiger partial charge in [-0.15, -0.1) is 0 Å². The number of carboxylic acids is 1. The molecule has 19 heavy (non-hydrogen) atoms. The number of carbonyl (C=O) groups is 1. The van der Waals surface area contributed by atoms with Gasteiger partial charge in [0.15, 0.2) is 0 Å². The van der Waals surface area contributed by atoms with Crippen LogP contribution in [0, 0.1) is 6.92 Å². The van der Waals surface area contributed by atoms with Crippen molar-refractivity contribution in [2.45, 2.75) is 32.8 Å². The summed E-state index contributed by atoms with van der Waals surface area (Å²) in [5, 5.41) is 9.27. The Kier molecular flexibility index (Phi) is 4.43. The van der Waals surface area contributed by atoms with Crippen LogP contribution in [0.3, 0.4) is 0 Å². The fourth-order valence-corrected chi connectivity index (χ4v) is 2.58. The number of aryl methyl sites for hydroxylation is 1. The largest absolute Gasteiger partial charge is 0.478 e. The average molecular weight is 263 g/mol. The van der Waals surface area contributed by atoms with Gasteiger partial charge < -0.3 is 14.7 Å². The van der Waals surface area contributed by atoms with Gasteiger partial charge >= 0.3 is 5.97 Å². The van der Waals surface area contributed by atoms with Gasteiger partial charge in [-0.05, 0) is 44.4 Å². The third-order valence-corrected chi connectivity index (χ3v) is 3.57. The first-order valence-electron chi connectivity index (χ1n) is 6.82. The number of nitrogens with zero attached hydrogens (tertiary/aromatic N) is 1. The van der Waals surface area contributed by atoms with Crippen LogP contribution in [-0.2, 0) is 4.74 Å². The van der Waals surface area contributed by atoms with Gasteiger partial charge in [0.05, 0.1) is 17.4 Å². The Morgan fingerprint density at radius 2 is 2.11 bits per heavy atom. The monoisotopic (exact) mass is 263 g/mol. The molecule has 1 N–H and O–H groups in total. The number of hydrogen-bond acceptors (Lipinski definition) is 3. The molecule has 0 radical (unpaired) electrons. The molecule has 1 aromatic carbocycles. The van der Waals surface area contributed by atoms with Crippen molar-refractivity contribution >= 4 is 11.7 Å². The summed E-state index contributed by atoms with van der Waals surface area (Å²) in [5.41, 5.74) is 2.31. The minimum atomic E-state index is -0.859. The normalized spacial score (nSPS) is 16.6. The molecule has 1 aliphatic heterocycles. The summed E-state index contributed by atoms with van der Waals surface area (Å²) in [6.45, 7) is 6.45. The van der Waals surface area contributed by atoms with Crippen molar-refractivity contribution in [3.8, 4) is 0 Å². The Bertz CT molecular complexity index is 451. The van der Waals surface area contributed by atoms with Crippen molar-refractivity contribution in [3.05, 3.63) is 29.3 Å². The van der Waals surface area contributed by atoms with E-state index in [2.05, 4.69) is 4.90 Å². The van der Waals surface area contributed by atoms with Gasteiger partial charge in [-0.3, -0.25) is 0 Å². The standard InChI is InChI=1S/C15H21NO3/c1-3-19-12-6-8-16(9-7-12)14-10-11(2)4-5-13(14)15(17)18/h4-5,10,12H,3,6-9H2,1-2H3,(H,17,18). The second kappa shape index (κ2) is 6.06. The summed E-state index contributed by atoms with van der Waals surface area (Å²) >= 11 is 0. The SMILES string of the molecule is CCOC1CCN(c2cc(C)ccc2C(=O)O)CC1. The van der Waals surface area contributed by atoms with Crippen molar-refractivity contribution in [2.24, 2.45) is 0 Å². The summed E-state index contributed by atoms with van der Waals surface area (Å²) in [4.78, 5) is 13.4. The fourth-order valence-electron chi connectivity index (χ4n) is 2.58. The summed E-state index contributed by atoms with van der Waals surface area (Å²) < 4.78 is 5.63. The highest BCUT2D eigenvalue weighted by atomic mass is 16.5. The van der Waals surface area contributed by atoms with Gasteiger partial charge in [-0.2, -0.15) is 0 Å². The van der Waals surface area contributed by atoms with Crippen LogP contribution in [-0.4, -0.2) is 36.9 Å². The molecule has 0 aromatic heterocycles. The maximum absolute atomic E-state index is 11.3. The average Bonchev–Trinajstić information content (AvgIpc) is 2.39. The lowest BCUT2D eigenvalue weighted by molar-refractivity contribution is 0.0459. The van der Waals surface area contributed by atoms with Gasteiger partial charge in [-0.25, -0.2) is 4.79 Å². The predicted octanol–water partition coefficient (Wildman–Crippen LogP) is 2.70. The van der Waals surface area contributed by atoms with E-state index in [-0.39, 0.29) is 0 Å². The zero-order chi connectivity index (χ0) is 13.8. The van der Waals surface area contributed by atoms with E-state index in [0.717, 1.165) is 43.8 Å². The molecule has 1 aliphatic rings. The van der Waals surface area contributed by atoms with Crippen LogP contribution in [0.4, 0.5) is 5.69 Å². The topological polar surface area (TPSA) is 49.8 Å². The van der Waals surface area contributed by atoms with Crippen molar-refractivity contribution < 1.29 is 14.6 Å². The number of anilines is 1. The zero-order valence-electron chi connectivity index (χ0n) is 11.6. The van der Waals surface area contributed by atoms with E-state index < -0.39 is 5.97 Å². The molecule has 1 fully saturated rings. The minimum absolute atomic E-state index is 0.319. The van der Waals surface area contributed by atoms with Crippen LogP contribution in [0.25, 0.3) is 0 Å². The molecule has 0 bridgehead atoms. The van der Waals surface area contributed by atoms with E-state index in [1.807, 2.05) is 26.0 Å². The molecule has 1 heterocycles. The fraction of sp³-hybridized carbons (Fsp3) is 0.533. The van der Waals surface area contributed by atoms with E-state index in [9.17, 15) is 9.90 Å². The molecule has 0 amide bonds. The molecule has 4 nitrogen and oxygen atoms in total. The van der Waals surface area contributed by atoms with E-state index in [4.69, 9.17) is 4.74 Å². The van der Waals surface area contributed by atoms with E-state index in [0.29, 0.717) is 11.7 Å². The van der Waals surface area contributed by atoms with Crippen LogP contribution in [0.5, 0.6) is 0 Å². The third kappa shape index (κ3) is 3.26. The zero-order valence-corrected chi connectivity index (χ0v) is 11.6. The summed E-state index contributed by atoms with van der Waals surface area (Å²) in [6.07, 6.45) is 2.24. The van der Waals surface area contributed by atoms with Crippen LogP contribution in [0.1, 0.15) is 35.7 Å². The third-order valence-electron chi connectivity index (χ3n) is 3.57. The predicted molar refractivity (Wildman–Crippen MR) is 75.0 cm³/mol. The van der Waals surface area contributed by atoms with Crippen LogP contribution < -0.4 is 4.90 Å². The highest BCUT2D eigenvalue weighted by Crippen LogP contribution is 2.26. The molecule has 2 rings (SSSR count). The van der Waals surface area contributed by atoms with Crippen LogP contribution >= 0.6 is 0 Å². The molecular weight excluding hydrogens is 242 g/mol. The van der Waals surface area contributed by atoms with E-state index in [1.54, 1.807) is 6.07 Å². The number of ether oxygens (including phenoxy) is 1. The van der Waals surface area contributed by atoms with Crippen molar-refractivity contribution in [2.75, 3.05) is 24.6 Å². The molecule has 0 unspecified atom stereocenters. The van der Waals surface area contributed by atoms with Gasteiger partial charge in [-0.1, -0.05) is 6.07 Å². The quantitative estimate of drug-likeness (QED) is 0.907. The van der Waals surface area contributed by atoms with Gasteiger partial charge in [0, 0.05) is 19.7 Å². The Balaban J connectivity index is 2.14. The Labute approximate surface area is 114 Å². The van der Waals surface area contributed by atoms with Gasteiger partial charge in [0.2, 0.25) is 0 Å². The number of carboxylic acid groups (broad SMARTS) is 1. The first-order chi connectivity index (χ1) is 9.11. The smallest absolute Gasteiger partial charge is 0.337 e. The maximum atomic E-state index is 11.3. The lowest BCUT2D eigenvalue weighted by Gasteiger charge is -2.34. The molecule has 0 saturated carbocycles. The number of hydrogen-bond donors (Lipinski definition) is 1. The molecule has 104 valence electrons. The Morgan fingerprint density at radius 1 is 1.42 bits per heavy atom. The van der Waals surface area contributed by atoms with Gasteiger partial charge in [0.1, 0.15) is 0 Å².